The maximum absolute atomic E-state index is 12.3. The van der Waals surface area contributed by atoms with E-state index in [9.17, 15) is 13.2 Å². The summed E-state index contributed by atoms with van der Waals surface area (Å²) in [5.41, 5.74) is 7.13. The van der Waals surface area contributed by atoms with Crippen LogP contribution in [0.4, 0.5) is 5.82 Å². The molecule has 1 aromatic carbocycles. The third-order valence-electron chi connectivity index (χ3n) is 3.83. The minimum atomic E-state index is -3.77. The summed E-state index contributed by atoms with van der Waals surface area (Å²) in [4.78, 5) is 12.2. The number of carbonyl (C=O) groups is 1. The second-order valence-corrected chi connectivity index (χ2v) is 7.69. The maximum atomic E-state index is 12.3. The molecule has 1 amide bonds. The van der Waals surface area contributed by atoms with Crippen LogP contribution in [0.3, 0.4) is 0 Å². The Morgan fingerprint density at radius 2 is 2.00 bits per heavy atom. The number of amides is 1. The zero-order valence-corrected chi connectivity index (χ0v) is 15.4. The lowest BCUT2D eigenvalue weighted by Crippen LogP contribution is -2.32. The second kappa shape index (κ2) is 7.62. The summed E-state index contributed by atoms with van der Waals surface area (Å²) in [6.07, 6.45) is 0.569. The van der Waals surface area contributed by atoms with Gasteiger partial charge in [0.2, 0.25) is 0 Å². The van der Waals surface area contributed by atoms with Gasteiger partial charge in [0.25, 0.3) is 15.9 Å². The van der Waals surface area contributed by atoms with Gasteiger partial charge in [0.15, 0.2) is 11.5 Å². The van der Waals surface area contributed by atoms with Crippen molar-refractivity contribution >= 4 is 21.7 Å². The second-order valence-electron chi connectivity index (χ2n) is 5.77. The zero-order chi connectivity index (χ0) is 19.4. The van der Waals surface area contributed by atoms with Crippen molar-refractivity contribution in [2.75, 3.05) is 18.0 Å². The first-order valence-corrected chi connectivity index (χ1v) is 9.89. The van der Waals surface area contributed by atoms with Gasteiger partial charge in [-0.15, -0.1) is 4.09 Å². The van der Waals surface area contributed by atoms with E-state index in [0.29, 0.717) is 17.9 Å². The Balaban J connectivity index is 1.61. The van der Waals surface area contributed by atoms with Gasteiger partial charge in [-0.1, -0.05) is 42.4 Å². The number of aryl methyl sites for hydroxylation is 1. The largest absolute Gasteiger partial charge is 0.383 e. The van der Waals surface area contributed by atoms with Gasteiger partial charge in [0, 0.05) is 24.2 Å². The van der Waals surface area contributed by atoms with Crippen molar-refractivity contribution in [3.8, 4) is 11.3 Å². The van der Waals surface area contributed by atoms with Crippen molar-refractivity contribution in [2.45, 2.75) is 13.3 Å². The molecule has 0 bridgehead atoms. The molecule has 3 N–H and O–H groups in total. The first-order valence-electron chi connectivity index (χ1n) is 8.28. The van der Waals surface area contributed by atoms with Crippen LogP contribution in [0.25, 0.3) is 11.3 Å². The molecule has 0 spiro atoms. The van der Waals surface area contributed by atoms with Crippen LogP contribution >= 0.6 is 0 Å². The molecule has 2 heterocycles. The van der Waals surface area contributed by atoms with E-state index in [2.05, 4.69) is 15.6 Å². The number of hydrogen-bond acceptors (Lipinski definition) is 7. The van der Waals surface area contributed by atoms with Crippen LogP contribution in [0.1, 0.15) is 23.1 Å². The highest BCUT2D eigenvalue weighted by Gasteiger charge is 2.20. The Morgan fingerprint density at radius 3 is 2.67 bits per heavy atom. The van der Waals surface area contributed by atoms with E-state index in [0.717, 1.165) is 9.65 Å². The number of anilines is 1. The lowest BCUT2D eigenvalue weighted by molar-refractivity contribution is 0.0947. The van der Waals surface area contributed by atoms with Gasteiger partial charge >= 0.3 is 0 Å². The summed E-state index contributed by atoms with van der Waals surface area (Å²) in [5.74, 6) is -0.386. The van der Waals surface area contributed by atoms with E-state index in [4.69, 9.17) is 10.3 Å². The van der Waals surface area contributed by atoms with Crippen molar-refractivity contribution in [3.05, 3.63) is 53.9 Å². The Bertz CT molecular complexity index is 1040. The predicted molar refractivity (Wildman–Crippen MR) is 99.5 cm³/mol. The van der Waals surface area contributed by atoms with E-state index in [1.165, 1.54) is 12.1 Å². The number of benzene rings is 1. The highest BCUT2D eigenvalue weighted by atomic mass is 32.2. The normalized spacial score (nSPS) is 11.4. The predicted octanol–water partition coefficient (Wildman–Crippen LogP) is 1.29. The van der Waals surface area contributed by atoms with Gasteiger partial charge in [0.1, 0.15) is 5.82 Å². The molecule has 0 aliphatic rings. The number of aromatic nitrogens is 3. The van der Waals surface area contributed by atoms with E-state index in [1.807, 2.05) is 37.3 Å². The summed E-state index contributed by atoms with van der Waals surface area (Å²) in [7, 11) is -3.77. The summed E-state index contributed by atoms with van der Waals surface area (Å²) >= 11 is 0. The summed E-state index contributed by atoms with van der Waals surface area (Å²) in [5, 5.41) is 10.2. The Labute approximate surface area is 156 Å². The van der Waals surface area contributed by atoms with Crippen LogP contribution in [0.2, 0.25) is 0 Å². The number of nitrogens with zero attached hydrogens (tertiary/aromatic N) is 3. The van der Waals surface area contributed by atoms with Gasteiger partial charge in [-0.25, -0.2) is 8.42 Å². The number of nitrogen functional groups attached to an aromatic ring is 1. The molecule has 0 atom stereocenters. The molecule has 10 heteroatoms. The van der Waals surface area contributed by atoms with E-state index < -0.39 is 15.9 Å². The monoisotopic (exact) mass is 389 g/mol. The Morgan fingerprint density at radius 1 is 1.26 bits per heavy atom. The average Bonchev–Trinajstić information content (AvgIpc) is 3.29. The molecule has 0 unspecified atom stereocenters. The zero-order valence-electron chi connectivity index (χ0n) is 14.6. The lowest BCUT2D eigenvalue weighted by atomic mass is 10.1. The third-order valence-corrected chi connectivity index (χ3v) is 5.37. The van der Waals surface area contributed by atoms with Crippen LogP contribution in [0, 0.1) is 0 Å². The lowest BCUT2D eigenvalue weighted by Gasteiger charge is -2.06. The van der Waals surface area contributed by atoms with Crippen LogP contribution in [-0.4, -0.2) is 41.0 Å². The third kappa shape index (κ3) is 4.17. The Kier molecular flexibility index (Phi) is 5.26. The highest BCUT2D eigenvalue weighted by Crippen LogP contribution is 2.19. The number of carbonyl (C=O) groups excluding carboxylic acids is 1. The molecule has 0 aliphatic carbocycles. The van der Waals surface area contributed by atoms with Crippen molar-refractivity contribution in [1.82, 2.24) is 19.7 Å². The summed E-state index contributed by atoms with van der Waals surface area (Å²) in [6.45, 7) is 1.73. The van der Waals surface area contributed by atoms with Gasteiger partial charge in [-0.2, -0.15) is 5.10 Å². The molecule has 2 aromatic heterocycles. The first-order chi connectivity index (χ1) is 12.9. The van der Waals surface area contributed by atoms with Gasteiger partial charge in [0.05, 0.1) is 11.4 Å². The minimum Gasteiger partial charge on any atom is -0.383 e. The van der Waals surface area contributed by atoms with Gasteiger partial charge in [-0.05, 0) is 6.42 Å². The van der Waals surface area contributed by atoms with Crippen molar-refractivity contribution in [1.29, 1.82) is 0 Å². The molecule has 9 nitrogen and oxygen atoms in total. The molecular formula is C17H19N5O4S. The number of hydrogen-bond donors (Lipinski definition) is 2. The van der Waals surface area contributed by atoms with E-state index in [-0.39, 0.29) is 23.8 Å². The fourth-order valence-electron chi connectivity index (χ4n) is 2.42. The molecule has 0 fully saturated rings. The molecule has 27 heavy (non-hydrogen) atoms. The van der Waals surface area contributed by atoms with Gasteiger partial charge < -0.3 is 15.6 Å². The molecule has 0 saturated heterocycles. The summed E-state index contributed by atoms with van der Waals surface area (Å²) < 4.78 is 30.6. The molecular weight excluding hydrogens is 370 g/mol. The minimum absolute atomic E-state index is 0.0437. The average molecular weight is 389 g/mol. The van der Waals surface area contributed by atoms with Crippen LogP contribution in [0.5, 0.6) is 0 Å². The summed E-state index contributed by atoms with van der Waals surface area (Å²) in [6, 6.07) is 12.2. The topological polar surface area (TPSA) is 133 Å². The van der Waals surface area contributed by atoms with Crippen molar-refractivity contribution in [3.63, 3.8) is 0 Å². The van der Waals surface area contributed by atoms with E-state index >= 15 is 0 Å². The number of rotatable bonds is 7. The standard InChI is InChI=1S/C17H19N5O4S/c1-2-13-10-16(18)22(20-13)27(24,25)9-8-19-17(23)14-11-15(26-21-14)12-6-4-3-5-7-12/h3-7,10-11H,2,8-9,18H2,1H3,(H,19,23). The molecule has 3 aromatic rings. The fraction of sp³-hybridized carbons (Fsp3) is 0.235. The Hall–Kier alpha value is -3.14. The van der Waals surface area contributed by atoms with Crippen molar-refractivity contribution < 1.29 is 17.7 Å². The van der Waals surface area contributed by atoms with Crippen LogP contribution in [0.15, 0.2) is 47.0 Å². The quantitative estimate of drug-likeness (QED) is 0.622. The smallest absolute Gasteiger partial charge is 0.273 e. The highest BCUT2D eigenvalue weighted by molar-refractivity contribution is 7.89. The SMILES string of the molecule is CCc1cc(N)n(S(=O)(=O)CCNC(=O)c2cc(-c3ccccc3)on2)n1. The molecule has 0 radical (unpaired) electrons. The fourth-order valence-corrected chi connectivity index (χ4v) is 3.55. The molecule has 0 saturated carbocycles. The van der Waals surface area contributed by atoms with Gasteiger partial charge in [-0.3, -0.25) is 4.79 Å². The van der Waals surface area contributed by atoms with Crippen LogP contribution < -0.4 is 11.1 Å². The molecule has 0 aliphatic heterocycles. The molecule has 3 rings (SSSR count). The maximum Gasteiger partial charge on any atom is 0.273 e. The first kappa shape index (κ1) is 18.6. The van der Waals surface area contributed by atoms with Crippen molar-refractivity contribution in [2.24, 2.45) is 0 Å². The number of nitrogens with two attached hydrogens (primary N) is 1. The van der Waals surface area contributed by atoms with Crippen LogP contribution in [-0.2, 0) is 16.4 Å². The van der Waals surface area contributed by atoms with E-state index in [1.54, 1.807) is 0 Å². The molecule has 142 valence electrons. The number of nitrogens with one attached hydrogen (secondary N) is 1.